The summed E-state index contributed by atoms with van der Waals surface area (Å²) in [6, 6.07) is 0. The molecule has 0 N–H and O–H groups in total. The van der Waals surface area contributed by atoms with Crippen LogP contribution in [0.25, 0.3) is 0 Å². The van der Waals surface area contributed by atoms with Gasteiger partial charge in [0.1, 0.15) is 5.57 Å². The number of carbonyl (C=O) groups is 2. The van der Waals surface area contributed by atoms with Gasteiger partial charge in [-0.05, 0) is 39.1 Å². The van der Waals surface area contributed by atoms with E-state index in [1.807, 2.05) is 18.7 Å². The van der Waals surface area contributed by atoms with Crippen molar-refractivity contribution in [1.29, 1.82) is 0 Å². The van der Waals surface area contributed by atoms with Crippen LogP contribution in [0.15, 0.2) is 23.9 Å². The van der Waals surface area contributed by atoms with Crippen LogP contribution < -0.4 is 0 Å². The fourth-order valence-electron chi connectivity index (χ4n) is 1.27. The fraction of sp³-hybridized carbons (Fsp3) is 0.538. The van der Waals surface area contributed by atoms with Crippen molar-refractivity contribution < 1.29 is 23.1 Å². The Bertz CT molecular complexity index is 361. The summed E-state index contributed by atoms with van der Waals surface area (Å²) < 4.78 is 29.3. The zero-order valence-electron chi connectivity index (χ0n) is 11.4. The molecule has 0 unspecified atom stereocenters. The van der Waals surface area contributed by atoms with Gasteiger partial charge in [0.2, 0.25) is 5.78 Å². The van der Waals surface area contributed by atoms with Crippen molar-refractivity contribution in [3.8, 4) is 0 Å². The van der Waals surface area contributed by atoms with Crippen LogP contribution in [0.4, 0.5) is 8.78 Å². The lowest BCUT2D eigenvalue weighted by atomic mass is 10.1. The minimum absolute atomic E-state index is 0.0203. The van der Waals surface area contributed by atoms with Gasteiger partial charge in [0.05, 0.1) is 6.61 Å². The Morgan fingerprint density at radius 3 is 2.21 bits per heavy atom. The van der Waals surface area contributed by atoms with Crippen LogP contribution in [0.3, 0.4) is 0 Å². The SMILES string of the molecule is CCOC(=O)/C(=C\C=C\N(CC)CC)C(=O)C(F)F. The molecule has 0 bridgehead atoms. The van der Waals surface area contributed by atoms with Gasteiger partial charge in [-0.1, -0.05) is 0 Å². The number of ketones is 1. The Hall–Kier alpha value is -1.72. The number of hydrogen-bond donors (Lipinski definition) is 0. The first-order valence-corrected chi connectivity index (χ1v) is 6.09. The van der Waals surface area contributed by atoms with Crippen molar-refractivity contribution in [3.05, 3.63) is 23.9 Å². The molecule has 4 nitrogen and oxygen atoms in total. The number of rotatable bonds is 8. The summed E-state index contributed by atoms with van der Waals surface area (Å²) in [5, 5.41) is 0. The summed E-state index contributed by atoms with van der Waals surface area (Å²) >= 11 is 0. The Morgan fingerprint density at radius 1 is 1.21 bits per heavy atom. The van der Waals surface area contributed by atoms with E-state index in [-0.39, 0.29) is 6.61 Å². The molecular formula is C13H19F2NO3. The van der Waals surface area contributed by atoms with E-state index in [0.29, 0.717) is 0 Å². The van der Waals surface area contributed by atoms with Gasteiger partial charge in [0, 0.05) is 13.1 Å². The van der Waals surface area contributed by atoms with Crippen molar-refractivity contribution in [2.24, 2.45) is 0 Å². The predicted molar refractivity (Wildman–Crippen MR) is 67.8 cm³/mol. The Balaban J connectivity index is 5.03. The molecule has 0 saturated heterocycles. The van der Waals surface area contributed by atoms with Crippen molar-refractivity contribution in [3.63, 3.8) is 0 Å². The molecule has 0 fully saturated rings. The second-order valence-corrected chi connectivity index (χ2v) is 3.53. The highest BCUT2D eigenvalue weighted by atomic mass is 19.3. The molecule has 0 aliphatic heterocycles. The molecule has 0 aromatic carbocycles. The Kier molecular flexibility index (Phi) is 8.41. The summed E-state index contributed by atoms with van der Waals surface area (Å²) in [6.45, 7) is 6.87. The van der Waals surface area contributed by atoms with Gasteiger partial charge in [-0.2, -0.15) is 0 Å². The molecule has 0 spiro atoms. The lowest BCUT2D eigenvalue weighted by Crippen LogP contribution is -2.21. The third-order valence-electron chi connectivity index (χ3n) is 2.33. The summed E-state index contributed by atoms with van der Waals surface area (Å²) in [7, 11) is 0. The van der Waals surface area contributed by atoms with E-state index in [1.165, 1.54) is 13.0 Å². The van der Waals surface area contributed by atoms with E-state index in [2.05, 4.69) is 4.74 Å². The van der Waals surface area contributed by atoms with Gasteiger partial charge >= 0.3 is 12.4 Å². The number of hydrogen-bond acceptors (Lipinski definition) is 4. The molecule has 0 heterocycles. The van der Waals surface area contributed by atoms with Crippen molar-refractivity contribution in [1.82, 2.24) is 4.90 Å². The fourth-order valence-corrected chi connectivity index (χ4v) is 1.27. The molecule has 0 aromatic heterocycles. The summed E-state index contributed by atoms with van der Waals surface area (Å²) in [5.41, 5.74) is -0.639. The van der Waals surface area contributed by atoms with Gasteiger partial charge in [0.25, 0.3) is 0 Å². The van der Waals surface area contributed by atoms with E-state index in [0.717, 1.165) is 19.2 Å². The number of esters is 1. The van der Waals surface area contributed by atoms with Crippen LogP contribution in [0.5, 0.6) is 0 Å². The highest BCUT2D eigenvalue weighted by molar-refractivity contribution is 6.18. The topological polar surface area (TPSA) is 46.6 Å². The standard InChI is InChI=1S/C13H19F2NO3/c1-4-16(5-2)9-7-8-10(11(17)12(14)15)13(18)19-6-3/h7-9,12H,4-6H2,1-3H3/b9-7+,10-8-. The quantitative estimate of drug-likeness (QED) is 0.224. The first-order valence-electron chi connectivity index (χ1n) is 6.09. The van der Waals surface area contributed by atoms with E-state index in [4.69, 9.17) is 0 Å². The molecule has 0 aromatic rings. The second kappa shape index (κ2) is 9.24. The second-order valence-electron chi connectivity index (χ2n) is 3.53. The minimum Gasteiger partial charge on any atom is -0.462 e. The Labute approximate surface area is 111 Å². The van der Waals surface area contributed by atoms with E-state index in [1.54, 1.807) is 6.20 Å². The largest absolute Gasteiger partial charge is 0.462 e. The molecule has 0 amide bonds. The summed E-state index contributed by atoms with van der Waals surface area (Å²) in [6.07, 6.45) is 0.847. The molecule has 0 saturated carbocycles. The van der Waals surface area contributed by atoms with Gasteiger partial charge in [-0.15, -0.1) is 0 Å². The number of Topliss-reactive ketones (excluding diaryl/α,β-unsaturated/α-hetero) is 1. The number of nitrogens with zero attached hydrogens (tertiary/aromatic N) is 1. The van der Waals surface area contributed by atoms with E-state index >= 15 is 0 Å². The number of halogens is 2. The third-order valence-corrected chi connectivity index (χ3v) is 2.33. The Morgan fingerprint density at radius 2 is 1.79 bits per heavy atom. The molecule has 19 heavy (non-hydrogen) atoms. The number of allylic oxidation sites excluding steroid dienone is 2. The van der Waals surface area contributed by atoms with E-state index < -0.39 is 23.8 Å². The van der Waals surface area contributed by atoms with Crippen LogP contribution in [-0.4, -0.2) is 42.8 Å². The molecule has 0 rings (SSSR count). The van der Waals surface area contributed by atoms with E-state index in [9.17, 15) is 18.4 Å². The molecular weight excluding hydrogens is 256 g/mol. The van der Waals surface area contributed by atoms with Crippen LogP contribution in [-0.2, 0) is 14.3 Å². The molecule has 0 aliphatic carbocycles. The molecule has 0 atom stereocenters. The highest BCUT2D eigenvalue weighted by Gasteiger charge is 2.26. The smallest absolute Gasteiger partial charge is 0.341 e. The first-order chi connectivity index (χ1) is 8.97. The molecule has 6 heteroatoms. The zero-order valence-corrected chi connectivity index (χ0v) is 11.4. The van der Waals surface area contributed by atoms with Crippen LogP contribution >= 0.6 is 0 Å². The van der Waals surface area contributed by atoms with Crippen molar-refractivity contribution in [2.75, 3.05) is 19.7 Å². The van der Waals surface area contributed by atoms with Crippen molar-refractivity contribution in [2.45, 2.75) is 27.2 Å². The summed E-state index contributed by atoms with van der Waals surface area (Å²) in [4.78, 5) is 24.5. The average Bonchev–Trinajstić information content (AvgIpc) is 2.38. The van der Waals surface area contributed by atoms with Gasteiger partial charge < -0.3 is 9.64 Å². The monoisotopic (exact) mass is 275 g/mol. The predicted octanol–water partition coefficient (Wildman–Crippen LogP) is 2.17. The van der Waals surface area contributed by atoms with Gasteiger partial charge in [-0.25, -0.2) is 13.6 Å². The van der Waals surface area contributed by atoms with Crippen LogP contribution in [0.2, 0.25) is 0 Å². The number of ether oxygens (including phenoxy) is 1. The molecule has 108 valence electrons. The highest BCUT2D eigenvalue weighted by Crippen LogP contribution is 2.08. The maximum Gasteiger partial charge on any atom is 0.341 e. The van der Waals surface area contributed by atoms with Crippen molar-refractivity contribution >= 4 is 11.8 Å². The summed E-state index contributed by atoms with van der Waals surface area (Å²) in [5.74, 6) is -2.56. The van der Waals surface area contributed by atoms with Crippen LogP contribution in [0, 0.1) is 0 Å². The number of alkyl halides is 2. The maximum absolute atomic E-state index is 12.4. The lowest BCUT2D eigenvalue weighted by molar-refractivity contribution is -0.141. The number of carbonyl (C=O) groups excluding carboxylic acids is 2. The lowest BCUT2D eigenvalue weighted by Gasteiger charge is -2.14. The van der Waals surface area contributed by atoms with Gasteiger partial charge in [-0.3, -0.25) is 4.79 Å². The zero-order chi connectivity index (χ0) is 14.8. The normalized spacial score (nSPS) is 12.0. The minimum atomic E-state index is -3.22. The average molecular weight is 275 g/mol. The third kappa shape index (κ3) is 6.13. The van der Waals surface area contributed by atoms with Gasteiger partial charge in [0.15, 0.2) is 0 Å². The maximum atomic E-state index is 12.4. The van der Waals surface area contributed by atoms with Crippen LogP contribution in [0.1, 0.15) is 20.8 Å². The molecule has 0 aliphatic rings. The molecule has 0 radical (unpaired) electrons. The first kappa shape index (κ1) is 17.3.